The maximum Gasteiger partial charge on any atom is 0.331 e. The molecule has 0 bridgehead atoms. The van der Waals surface area contributed by atoms with E-state index in [1.807, 2.05) is 13.8 Å². The molecule has 4 heteroatoms. The van der Waals surface area contributed by atoms with Gasteiger partial charge in [0.2, 0.25) is 0 Å². The number of rotatable bonds is 5. The fraction of sp³-hybridized carbons (Fsp3) is 0.500. The maximum atomic E-state index is 10.3. The predicted octanol–water partition coefficient (Wildman–Crippen LogP) is 2.85. The number of hydrogen-bond acceptors (Lipinski definition) is 2. The van der Waals surface area contributed by atoms with Gasteiger partial charge in [0.1, 0.15) is 0 Å². The molecule has 0 aromatic rings. The number of carboxylic acid groups (broad SMARTS) is 2. The van der Waals surface area contributed by atoms with Gasteiger partial charge in [-0.1, -0.05) is 33.4 Å². The molecule has 92 valence electrons. The lowest BCUT2D eigenvalue weighted by molar-refractivity contribution is -0.133. The lowest BCUT2D eigenvalue weighted by Crippen LogP contribution is -1.98. The van der Waals surface area contributed by atoms with Crippen LogP contribution in [0.5, 0.6) is 0 Å². The van der Waals surface area contributed by atoms with E-state index in [0.717, 1.165) is 6.42 Å². The summed E-state index contributed by atoms with van der Waals surface area (Å²) in [6, 6.07) is 0. The molecule has 0 aromatic heterocycles. The zero-order valence-electron chi connectivity index (χ0n) is 10.1. The van der Waals surface area contributed by atoms with Crippen molar-refractivity contribution in [1.82, 2.24) is 0 Å². The summed E-state index contributed by atoms with van der Waals surface area (Å²) >= 11 is 0. The Morgan fingerprint density at radius 2 is 1.56 bits per heavy atom. The molecule has 0 aromatic carbocycles. The number of hydrogen-bond donors (Lipinski definition) is 2. The van der Waals surface area contributed by atoms with Gasteiger partial charge in [0, 0.05) is 11.1 Å². The smallest absolute Gasteiger partial charge is 0.331 e. The second kappa shape index (κ2) is 9.96. The van der Waals surface area contributed by atoms with Crippen LogP contribution in [0, 0.1) is 0 Å². The van der Waals surface area contributed by atoms with E-state index in [0.29, 0.717) is 18.4 Å². The van der Waals surface area contributed by atoms with Gasteiger partial charge in [-0.05, 0) is 19.3 Å². The van der Waals surface area contributed by atoms with Crippen LogP contribution in [-0.4, -0.2) is 22.2 Å². The summed E-state index contributed by atoms with van der Waals surface area (Å²) in [5, 5.41) is 16.5. The average molecular weight is 228 g/mol. The summed E-state index contributed by atoms with van der Waals surface area (Å²) in [6.45, 7) is 8.81. The minimum atomic E-state index is -0.900. The van der Waals surface area contributed by atoms with Crippen molar-refractivity contribution in [2.24, 2.45) is 0 Å². The highest BCUT2D eigenvalue weighted by atomic mass is 16.4. The first-order valence-electron chi connectivity index (χ1n) is 5.23. The van der Waals surface area contributed by atoms with Gasteiger partial charge in [0.25, 0.3) is 0 Å². The van der Waals surface area contributed by atoms with E-state index in [1.165, 1.54) is 0 Å². The zero-order valence-corrected chi connectivity index (χ0v) is 10.1. The third-order valence-corrected chi connectivity index (χ3v) is 1.84. The molecule has 0 amide bonds. The molecule has 0 saturated heterocycles. The molecule has 0 spiro atoms. The molecule has 0 radical (unpaired) electrons. The Morgan fingerprint density at radius 1 is 1.06 bits per heavy atom. The van der Waals surface area contributed by atoms with Crippen LogP contribution in [0.2, 0.25) is 0 Å². The van der Waals surface area contributed by atoms with Gasteiger partial charge < -0.3 is 10.2 Å². The molecular weight excluding hydrogens is 208 g/mol. The first kappa shape index (κ1) is 16.8. The van der Waals surface area contributed by atoms with Crippen LogP contribution in [0.4, 0.5) is 0 Å². The number of allylic oxidation sites excluding steroid dienone is 1. The largest absolute Gasteiger partial charge is 0.478 e. The van der Waals surface area contributed by atoms with Gasteiger partial charge in [0.15, 0.2) is 0 Å². The van der Waals surface area contributed by atoms with Crippen LogP contribution in [0.15, 0.2) is 23.8 Å². The van der Waals surface area contributed by atoms with Crippen LogP contribution in [0.1, 0.15) is 40.0 Å². The Bertz CT molecular complexity index is 277. The van der Waals surface area contributed by atoms with Crippen molar-refractivity contribution in [2.75, 3.05) is 0 Å². The van der Waals surface area contributed by atoms with E-state index in [9.17, 15) is 9.59 Å². The molecule has 0 aliphatic carbocycles. The zero-order chi connectivity index (χ0) is 13.1. The second-order valence-corrected chi connectivity index (χ2v) is 3.06. The molecule has 16 heavy (non-hydrogen) atoms. The molecule has 0 aliphatic rings. The molecule has 0 saturated carbocycles. The predicted molar refractivity (Wildman–Crippen MR) is 63.4 cm³/mol. The topological polar surface area (TPSA) is 74.6 Å². The summed E-state index contributed by atoms with van der Waals surface area (Å²) in [5.41, 5.74) is 0.775. The summed E-state index contributed by atoms with van der Waals surface area (Å²) in [6.07, 6.45) is 3.68. The Kier molecular flexibility index (Phi) is 10.5. The molecule has 0 rings (SSSR count). The standard InChI is InChI=1S/C7H12O2.C5H8O2/c1-3-5-6(4-2)7(8)9;1-3-4(2)5(6)7/h5H,3-4H2,1-2H3,(H,8,9);2-3H2,1H3,(H,6,7). The van der Waals surface area contributed by atoms with Crippen molar-refractivity contribution in [3.63, 3.8) is 0 Å². The fourth-order valence-corrected chi connectivity index (χ4v) is 0.780. The first-order valence-corrected chi connectivity index (χ1v) is 5.23. The monoisotopic (exact) mass is 228 g/mol. The van der Waals surface area contributed by atoms with Crippen molar-refractivity contribution < 1.29 is 19.8 Å². The molecule has 0 unspecified atom stereocenters. The normalized spacial score (nSPS) is 10.1. The third kappa shape index (κ3) is 8.99. The van der Waals surface area contributed by atoms with E-state index < -0.39 is 11.9 Å². The minimum Gasteiger partial charge on any atom is -0.478 e. The molecule has 4 nitrogen and oxygen atoms in total. The van der Waals surface area contributed by atoms with E-state index >= 15 is 0 Å². The minimum absolute atomic E-state index is 0.264. The second-order valence-electron chi connectivity index (χ2n) is 3.06. The number of carbonyl (C=O) groups is 2. The van der Waals surface area contributed by atoms with E-state index in [-0.39, 0.29) is 5.57 Å². The van der Waals surface area contributed by atoms with Gasteiger partial charge in [0.05, 0.1) is 0 Å². The Labute approximate surface area is 96.3 Å². The SMILES string of the molecule is C=C(CC)C(=O)O.CCC=C(CC)C(=O)O. The van der Waals surface area contributed by atoms with Crippen LogP contribution in [0.25, 0.3) is 0 Å². The van der Waals surface area contributed by atoms with E-state index in [2.05, 4.69) is 6.58 Å². The summed E-state index contributed by atoms with van der Waals surface area (Å²) in [4.78, 5) is 20.1. The number of carboxylic acids is 2. The highest BCUT2D eigenvalue weighted by molar-refractivity contribution is 5.86. The van der Waals surface area contributed by atoms with Crippen LogP contribution >= 0.6 is 0 Å². The Hall–Kier alpha value is -1.58. The van der Waals surface area contributed by atoms with Gasteiger partial charge in [-0.15, -0.1) is 0 Å². The molecule has 0 fully saturated rings. The molecule has 0 heterocycles. The third-order valence-electron chi connectivity index (χ3n) is 1.84. The molecule has 0 atom stereocenters. The molecule has 0 aliphatic heterocycles. The van der Waals surface area contributed by atoms with E-state index in [1.54, 1.807) is 13.0 Å². The molecule has 2 N–H and O–H groups in total. The van der Waals surface area contributed by atoms with Crippen molar-refractivity contribution >= 4 is 11.9 Å². The van der Waals surface area contributed by atoms with Crippen molar-refractivity contribution in [3.05, 3.63) is 23.8 Å². The Balaban J connectivity index is 0. The molecular formula is C12H20O4. The van der Waals surface area contributed by atoms with E-state index in [4.69, 9.17) is 10.2 Å². The quantitative estimate of drug-likeness (QED) is 0.709. The van der Waals surface area contributed by atoms with Gasteiger partial charge in [-0.2, -0.15) is 0 Å². The van der Waals surface area contributed by atoms with Gasteiger partial charge >= 0.3 is 11.9 Å². The Morgan fingerprint density at radius 3 is 1.62 bits per heavy atom. The van der Waals surface area contributed by atoms with Gasteiger partial charge in [-0.3, -0.25) is 0 Å². The lowest BCUT2D eigenvalue weighted by atomic mass is 10.2. The summed E-state index contributed by atoms with van der Waals surface area (Å²) in [7, 11) is 0. The van der Waals surface area contributed by atoms with Crippen LogP contribution in [0.3, 0.4) is 0 Å². The van der Waals surface area contributed by atoms with Crippen LogP contribution < -0.4 is 0 Å². The summed E-state index contributed by atoms with van der Waals surface area (Å²) in [5.74, 6) is -1.69. The highest BCUT2D eigenvalue weighted by Crippen LogP contribution is 2.00. The lowest BCUT2D eigenvalue weighted by Gasteiger charge is -1.93. The van der Waals surface area contributed by atoms with Crippen molar-refractivity contribution in [1.29, 1.82) is 0 Å². The van der Waals surface area contributed by atoms with Gasteiger partial charge in [-0.25, -0.2) is 9.59 Å². The van der Waals surface area contributed by atoms with Crippen LogP contribution in [-0.2, 0) is 9.59 Å². The average Bonchev–Trinajstić information content (AvgIpc) is 2.24. The maximum absolute atomic E-state index is 10.3. The summed E-state index contributed by atoms with van der Waals surface area (Å²) < 4.78 is 0. The fourth-order valence-electron chi connectivity index (χ4n) is 0.780. The highest BCUT2D eigenvalue weighted by Gasteiger charge is 2.00. The number of aliphatic carboxylic acids is 2. The first-order chi connectivity index (χ1) is 7.40. The van der Waals surface area contributed by atoms with Crippen molar-refractivity contribution in [3.8, 4) is 0 Å². The van der Waals surface area contributed by atoms with Crippen molar-refractivity contribution in [2.45, 2.75) is 40.0 Å².